The third-order valence-corrected chi connectivity index (χ3v) is 2.45. The van der Waals surface area contributed by atoms with Gasteiger partial charge in [-0.1, -0.05) is 46.0 Å². The van der Waals surface area contributed by atoms with Crippen molar-refractivity contribution < 1.29 is 14.3 Å². The Balaban J connectivity index is 3.40. The fourth-order valence-corrected chi connectivity index (χ4v) is 1.42. The molecule has 0 heterocycles. The van der Waals surface area contributed by atoms with Crippen LogP contribution in [-0.2, 0) is 14.3 Å². The van der Waals surface area contributed by atoms with Crippen LogP contribution in [0.1, 0.15) is 71.6 Å². The molecule has 0 amide bonds. The summed E-state index contributed by atoms with van der Waals surface area (Å²) in [6.07, 6.45) is 7.92. The van der Waals surface area contributed by atoms with Crippen molar-refractivity contribution in [3.63, 3.8) is 0 Å². The Morgan fingerprint density at radius 3 is 1.81 bits per heavy atom. The first-order chi connectivity index (χ1) is 7.70. The maximum Gasteiger partial charge on any atom is 0.313 e. The molecule has 0 aliphatic heterocycles. The van der Waals surface area contributed by atoms with E-state index in [1.807, 2.05) is 6.92 Å². The fourth-order valence-electron chi connectivity index (χ4n) is 1.42. The molecule has 0 N–H and O–H groups in total. The summed E-state index contributed by atoms with van der Waals surface area (Å²) in [4.78, 5) is 22.3. The normalized spacial score (nSPS) is 10.1. The van der Waals surface area contributed by atoms with Gasteiger partial charge in [-0.25, -0.2) is 0 Å². The van der Waals surface area contributed by atoms with Gasteiger partial charge in [0, 0.05) is 12.8 Å². The zero-order valence-electron chi connectivity index (χ0n) is 10.6. The number of ether oxygens (including phenoxy) is 1. The van der Waals surface area contributed by atoms with E-state index in [0.29, 0.717) is 12.8 Å². The minimum absolute atomic E-state index is 0.359. The standard InChI is InChI=1S/C13H24O3/c1-3-5-7-8-9-11-13(15)16-12(14)10-6-4-2/h3-11H2,1-2H3. The second-order valence-electron chi connectivity index (χ2n) is 4.11. The predicted molar refractivity (Wildman–Crippen MR) is 64.0 cm³/mol. The van der Waals surface area contributed by atoms with Crippen LogP contribution in [0, 0.1) is 0 Å². The molecule has 0 bridgehead atoms. The number of rotatable bonds is 9. The number of esters is 2. The molecule has 0 saturated heterocycles. The average Bonchev–Trinajstić information content (AvgIpc) is 2.26. The Labute approximate surface area is 98.6 Å². The molecule has 94 valence electrons. The fraction of sp³-hybridized carbons (Fsp3) is 0.846. The molecule has 0 atom stereocenters. The Hall–Kier alpha value is -0.860. The molecule has 0 saturated carbocycles. The van der Waals surface area contributed by atoms with Gasteiger partial charge in [0.1, 0.15) is 0 Å². The van der Waals surface area contributed by atoms with Crippen LogP contribution in [0.5, 0.6) is 0 Å². The summed E-state index contributed by atoms with van der Waals surface area (Å²) in [5, 5.41) is 0. The van der Waals surface area contributed by atoms with Gasteiger partial charge in [-0.3, -0.25) is 9.59 Å². The first kappa shape index (κ1) is 15.1. The van der Waals surface area contributed by atoms with Gasteiger partial charge >= 0.3 is 11.9 Å². The van der Waals surface area contributed by atoms with Gasteiger partial charge in [0.05, 0.1) is 0 Å². The summed E-state index contributed by atoms with van der Waals surface area (Å²) in [5.74, 6) is -0.738. The van der Waals surface area contributed by atoms with Crippen LogP contribution in [0.4, 0.5) is 0 Å². The number of carbonyl (C=O) groups is 2. The number of carbonyl (C=O) groups excluding carboxylic acids is 2. The van der Waals surface area contributed by atoms with Crippen molar-refractivity contribution in [3.05, 3.63) is 0 Å². The molecule has 0 fully saturated rings. The van der Waals surface area contributed by atoms with E-state index in [4.69, 9.17) is 0 Å². The minimum atomic E-state index is -0.375. The third-order valence-electron chi connectivity index (χ3n) is 2.45. The summed E-state index contributed by atoms with van der Waals surface area (Å²) < 4.78 is 4.68. The molecule has 3 heteroatoms. The van der Waals surface area contributed by atoms with E-state index in [-0.39, 0.29) is 11.9 Å². The van der Waals surface area contributed by atoms with Crippen LogP contribution >= 0.6 is 0 Å². The molecule has 0 rings (SSSR count). The van der Waals surface area contributed by atoms with E-state index >= 15 is 0 Å². The first-order valence-electron chi connectivity index (χ1n) is 6.44. The largest absolute Gasteiger partial charge is 0.393 e. The highest BCUT2D eigenvalue weighted by atomic mass is 16.6. The second kappa shape index (κ2) is 10.7. The van der Waals surface area contributed by atoms with Crippen molar-refractivity contribution in [1.82, 2.24) is 0 Å². The number of unbranched alkanes of at least 4 members (excludes halogenated alkanes) is 5. The van der Waals surface area contributed by atoms with E-state index in [2.05, 4.69) is 11.7 Å². The van der Waals surface area contributed by atoms with Gasteiger partial charge < -0.3 is 4.74 Å². The Morgan fingerprint density at radius 2 is 1.25 bits per heavy atom. The minimum Gasteiger partial charge on any atom is -0.393 e. The van der Waals surface area contributed by atoms with Crippen molar-refractivity contribution in [2.24, 2.45) is 0 Å². The average molecular weight is 228 g/mol. The summed E-state index contributed by atoms with van der Waals surface area (Å²) in [7, 11) is 0. The van der Waals surface area contributed by atoms with Crippen LogP contribution in [0.25, 0.3) is 0 Å². The summed E-state index contributed by atoms with van der Waals surface area (Å²) in [6.45, 7) is 4.16. The highest BCUT2D eigenvalue weighted by Gasteiger charge is 2.08. The van der Waals surface area contributed by atoms with Gasteiger partial charge in [0.25, 0.3) is 0 Å². The molecule has 0 radical (unpaired) electrons. The number of hydrogen-bond acceptors (Lipinski definition) is 3. The zero-order valence-corrected chi connectivity index (χ0v) is 10.6. The van der Waals surface area contributed by atoms with Crippen molar-refractivity contribution in [2.45, 2.75) is 71.6 Å². The Kier molecular flexibility index (Phi) is 10.1. The molecular weight excluding hydrogens is 204 g/mol. The molecule has 0 aromatic carbocycles. The van der Waals surface area contributed by atoms with E-state index < -0.39 is 0 Å². The molecule has 0 spiro atoms. The highest BCUT2D eigenvalue weighted by Crippen LogP contribution is 2.06. The lowest BCUT2D eigenvalue weighted by Gasteiger charge is -2.02. The maximum absolute atomic E-state index is 11.2. The van der Waals surface area contributed by atoms with E-state index in [9.17, 15) is 9.59 Å². The lowest BCUT2D eigenvalue weighted by Crippen LogP contribution is -2.11. The van der Waals surface area contributed by atoms with Gasteiger partial charge in [0.15, 0.2) is 0 Å². The van der Waals surface area contributed by atoms with E-state index in [1.54, 1.807) is 0 Å². The van der Waals surface area contributed by atoms with Crippen molar-refractivity contribution in [1.29, 1.82) is 0 Å². The molecule has 0 unspecified atom stereocenters. The van der Waals surface area contributed by atoms with Crippen molar-refractivity contribution in [3.8, 4) is 0 Å². The SMILES string of the molecule is CCCCCCCC(=O)OC(=O)CCCC. The molecule has 0 aliphatic rings. The van der Waals surface area contributed by atoms with Crippen LogP contribution < -0.4 is 0 Å². The summed E-state index contributed by atoms with van der Waals surface area (Å²) in [5.41, 5.74) is 0. The van der Waals surface area contributed by atoms with Gasteiger partial charge in [-0.2, -0.15) is 0 Å². The third kappa shape index (κ3) is 9.69. The topological polar surface area (TPSA) is 43.4 Å². The summed E-state index contributed by atoms with van der Waals surface area (Å²) in [6, 6.07) is 0. The molecular formula is C13H24O3. The van der Waals surface area contributed by atoms with E-state index in [1.165, 1.54) is 12.8 Å². The van der Waals surface area contributed by atoms with Crippen molar-refractivity contribution in [2.75, 3.05) is 0 Å². The molecule has 0 aliphatic carbocycles. The lowest BCUT2D eigenvalue weighted by atomic mass is 10.1. The zero-order chi connectivity index (χ0) is 12.2. The smallest absolute Gasteiger partial charge is 0.313 e. The van der Waals surface area contributed by atoms with Gasteiger partial charge in [-0.15, -0.1) is 0 Å². The number of hydrogen-bond donors (Lipinski definition) is 0. The van der Waals surface area contributed by atoms with Gasteiger partial charge in [0.2, 0.25) is 0 Å². The first-order valence-corrected chi connectivity index (χ1v) is 6.44. The Morgan fingerprint density at radius 1 is 0.750 bits per heavy atom. The molecule has 0 aromatic heterocycles. The lowest BCUT2D eigenvalue weighted by molar-refractivity contribution is -0.159. The highest BCUT2D eigenvalue weighted by molar-refractivity contribution is 5.85. The molecule has 0 aromatic rings. The van der Waals surface area contributed by atoms with Crippen molar-refractivity contribution >= 4 is 11.9 Å². The second-order valence-corrected chi connectivity index (χ2v) is 4.11. The molecule has 16 heavy (non-hydrogen) atoms. The van der Waals surface area contributed by atoms with E-state index in [0.717, 1.165) is 32.1 Å². The quantitative estimate of drug-likeness (QED) is 0.344. The monoisotopic (exact) mass is 228 g/mol. The molecule has 3 nitrogen and oxygen atoms in total. The Bertz CT molecular complexity index is 199. The van der Waals surface area contributed by atoms with Crippen LogP contribution in [0.15, 0.2) is 0 Å². The van der Waals surface area contributed by atoms with Gasteiger partial charge in [-0.05, 0) is 12.8 Å². The predicted octanol–water partition coefficient (Wildman–Crippen LogP) is 3.61. The maximum atomic E-state index is 11.2. The van der Waals surface area contributed by atoms with Crippen LogP contribution in [-0.4, -0.2) is 11.9 Å². The van der Waals surface area contributed by atoms with Crippen LogP contribution in [0.2, 0.25) is 0 Å². The summed E-state index contributed by atoms with van der Waals surface area (Å²) >= 11 is 0. The van der Waals surface area contributed by atoms with Crippen LogP contribution in [0.3, 0.4) is 0 Å².